The molecule has 1 saturated heterocycles. The Hall–Kier alpha value is -0.130. The first-order chi connectivity index (χ1) is 7.01. The Labute approximate surface area is 93.3 Å². The number of nitrogens with zero attached hydrogens (tertiary/aromatic N) is 1. The molecule has 5 heteroatoms. The second kappa shape index (κ2) is 5.27. The molecule has 0 radical (unpaired) electrons. The standard InChI is InChI=1S/C10H22N2O2S/c1-4-10(3)11-6-8-12(9-7-11)15(13,14)5-2/h10H,4-9H2,1-3H3/p+1/t10-/m1/s1. The van der Waals surface area contributed by atoms with E-state index in [-0.39, 0.29) is 5.75 Å². The lowest BCUT2D eigenvalue weighted by Crippen LogP contribution is -3.17. The maximum Gasteiger partial charge on any atom is 0.214 e. The van der Waals surface area contributed by atoms with E-state index in [0.29, 0.717) is 19.1 Å². The van der Waals surface area contributed by atoms with Crippen LogP contribution >= 0.6 is 0 Å². The van der Waals surface area contributed by atoms with Crippen molar-refractivity contribution in [3.05, 3.63) is 0 Å². The highest BCUT2D eigenvalue weighted by atomic mass is 32.2. The summed E-state index contributed by atoms with van der Waals surface area (Å²) in [6, 6.07) is 0.650. The number of hydrogen-bond donors (Lipinski definition) is 1. The summed E-state index contributed by atoms with van der Waals surface area (Å²) in [6.45, 7) is 9.42. The van der Waals surface area contributed by atoms with Gasteiger partial charge in [0.15, 0.2) is 0 Å². The van der Waals surface area contributed by atoms with Gasteiger partial charge in [-0.05, 0) is 20.3 Å². The van der Waals surface area contributed by atoms with Crippen molar-refractivity contribution >= 4 is 10.0 Å². The zero-order valence-corrected chi connectivity index (χ0v) is 10.8. The second-order valence-electron chi connectivity index (χ2n) is 4.27. The molecule has 0 saturated carbocycles. The maximum atomic E-state index is 11.6. The molecule has 0 unspecified atom stereocenters. The summed E-state index contributed by atoms with van der Waals surface area (Å²) in [7, 11) is -2.96. The van der Waals surface area contributed by atoms with E-state index in [2.05, 4.69) is 13.8 Å². The van der Waals surface area contributed by atoms with Gasteiger partial charge < -0.3 is 4.90 Å². The lowest BCUT2D eigenvalue weighted by atomic mass is 10.2. The van der Waals surface area contributed by atoms with Gasteiger partial charge in [-0.15, -0.1) is 0 Å². The SMILES string of the molecule is CC[C@@H](C)[NH+]1CCN(S(=O)(=O)CC)CC1. The highest BCUT2D eigenvalue weighted by Crippen LogP contribution is 2.01. The smallest absolute Gasteiger partial charge is 0.214 e. The van der Waals surface area contributed by atoms with E-state index in [1.165, 1.54) is 0 Å². The average Bonchev–Trinajstić information content (AvgIpc) is 2.28. The fraction of sp³-hybridized carbons (Fsp3) is 1.00. The van der Waals surface area contributed by atoms with Gasteiger partial charge >= 0.3 is 0 Å². The van der Waals surface area contributed by atoms with Crippen molar-refractivity contribution in [1.29, 1.82) is 0 Å². The van der Waals surface area contributed by atoms with Crippen LogP contribution in [0.5, 0.6) is 0 Å². The van der Waals surface area contributed by atoms with Gasteiger partial charge in [0.2, 0.25) is 10.0 Å². The van der Waals surface area contributed by atoms with Crippen LogP contribution in [0.25, 0.3) is 0 Å². The van der Waals surface area contributed by atoms with Gasteiger partial charge in [0, 0.05) is 0 Å². The van der Waals surface area contributed by atoms with Crippen LogP contribution in [0.3, 0.4) is 0 Å². The first kappa shape index (κ1) is 12.9. The summed E-state index contributed by atoms with van der Waals surface area (Å²) in [4.78, 5) is 1.54. The number of hydrogen-bond acceptors (Lipinski definition) is 2. The van der Waals surface area contributed by atoms with Gasteiger partial charge in [0.1, 0.15) is 0 Å². The van der Waals surface area contributed by atoms with E-state index >= 15 is 0 Å². The Kier molecular flexibility index (Phi) is 4.55. The van der Waals surface area contributed by atoms with Crippen molar-refractivity contribution in [2.45, 2.75) is 33.2 Å². The predicted octanol–water partition coefficient (Wildman–Crippen LogP) is -0.665. The zero-order valence-electron chi connectivity index (χ0n) is 9.99. The normalized spacial score (nSPS) is 22.9. The molecular formula is C10H23N2O2S+. The van der Waals surface area contributed by atoms with Gasteiger partial charge in [0.05, 0.1) is 38.0 Å². The number of quaternary nitrogens is 1. The Bertz CT molecular complexity index is 282. The lowest BCUT2D eigenvalue weighted by Gasteiger charge is -2.34. The molecule has 90 valence electrons. The third kappa shape index (κ3) is 3.16. The van der Waals surface area contributed by atoms with E-state index in [1.54, 1.807) is 16.1 Å². The van der Waals surface area contributed by atoms with Crippen LogP contribution in [0, 0.1) is 0 Å². The fourth-order valence-electron chi connectivity index (χ4n) is 2.02. The van der Waals surface area contributed by atoms with Crippen LogP contribution in [-0.4, -0.2) is 50.7 Å². The van der Waals surface area contributed by atoms with Crippen LogP contribution in [0.15, 0.2) is 0 Å². The van der Waals surface area contributed by atoms with Crippen LogP contribution < -0.4 is 4.90 Å². The van der Waals surface area contributed by atoms with Crippen molar-refractivity contribution in [3.63, 3.8) is 0 Å². The Morgan fingerprint density at radius 1 is 1.27 bits per heavy atom. The van der Waals surface area contributed by atoms with Gasteiger partial charge in [0.25, 0.3) is 0 Å². The summed E-state index contributed by atoms with van der Waals surface area (Å²) in [5.41, 5.74) is 0. The van der Waals surface area contributed by atoms with E-state index in [9.17, 15) is 8.42 Å². The third-order valence-electron chi connectivity index (χ3n) is 3.43. The molecule has 0 amide bonds. The molecule has 1 rings (SSSR count). The van der Waals surface area contributed by atoms with Crippen molar-refractivity contribution in [1.82, 2.24) is 4.31 Å². The van der Waals surface area contributed by atoms with Gasteiger partial charge in [-0.25, -0.2) is 8.42 Å². The lowest BCUT2D eigenvalue weighted by molar-refractivity contribution is -0.927. The monoisotopic (exact) mass is 235 g/mol. The first-order valence-electron chi connectivity index (χ1n) is 5.83. The van der Waals surface area contributed by atoms with Gasteiger partial charge in [-0.2, -0.15) is 4.31 Å². The predicted molar refractivity (Wildman–Crippen MR) is 61.5 cm³/mol. The minimum absolute atomic E-state index is 0.228. The minimum Gasteiger partial charge on any atom is -0.331 e. The molecule has 4 nitrogen and oxygen atoms in total. The molecule has 0 aromatic carbocycles. The summed E-state index contributed by atoms with van der Waals surface area (Å²) in [5.74, 6) is 0.228. The Morgan fingerprint density at radius 3 is 2.20 bits per heavy atom. The number of rotatable bonds is 4. The summed E-state index contributed by atoms with van der Waals surface area (Å²) in [6.07, 6.45) is 1.16. The molecule has 0 aliphatic carbocycles. The quantitative estimate of drug-likeness (QED) is 0.702. The summed E-state index contributed by atoms with van der Waals surface area (Å²) < 4.78 is 24.9. The zero-order chi connectivity index (χ0) is 11.5. The Morgan fingerprint density at radius 2 is 1.80 bits per heavy atom. The van der Waals surface area contributed by atoms with Crippen LogP contribution in [-0.2, 0) is 10.0 Å². The van der Waals surface area contributed by atoms with E-state index < -0.39 is 10.0 Å². The Balaban J connectivity index is 2.49. The topological polar surface area (TPSA) is 41.8 Å². The molecular weight excluding hydrogens is 212 g/mol. The van der Waals surface area contributed by atoms with Crippen LogP contribution in [0.2, 0.25) is 0 Å². The molecule has 0 spiro atoms. The number of sulfonamides is 1. The molecule has 1 aliphatic rings. The van der Waals surface area contributed by atoms with E-state index in [1.807, 2.05) is 0 Å². The highest BCUT2D eigenvalue weighted by molar-refractivity contribution is 7.89. The summed E-state index contributed by atoms with van der Waals surface area (Å²) in [5, 5.41) is 0. The maximum absolute atomic E-state index is 11.6. The largest absolute Gasteiger partial charge is 0.331 e. The summed E-state index contributed by atoms with van der Waals surface area (Å²) >= 11 is 0. The molecule has 1 atom stereocenters. The number of piperazine rings is 1. The highest BCUT2D eigenvalue weighted by Gasteiger charge is 2.29. The molecule has 1 N–H and O–H groups in total. The van der Waals surface area contributed by atoms with Gasteiger partial charge in [-0.1, -0.05) is 6.92 Å². The molecule has 0 aromatic rings. The average molecular weight is 235 g/mol. The minimum atomic E-state index is -2.96. The van der Waals surface area contributed by atoms with Crippen LogP contribution in [0.4, 0.5) is 0 Å². The molecule has 1 fully saturated rings. The molecule has 0 aromatic heterocycles. The van der Waals surface area contributed by atoms with Crippen molar-refractivity contribution in [2.75, 3.05) is 31.9 Å². The van der Waals surface area contributed by atoms with Crippen molar-refractivity contribution in [3.8, 4) is 0 Å². The first-order valence-corrected chi connectivity index (χ1v) is 7.44. The van der Waals surface area contributed by atoms with Crippen molar-refractivity contribution in [2.24, 2.45) is 0 Å². The van der Waals surface area contributed by atoms with Crippen LogP contribution in [0.1, 0.15) is 27.2 Å². The molecule has 0 bridgehead atoms. The fourth-order valence-corrected chi connectivity index (χ4v) is 3.12. The molecule has 1 heterocycles. The number of nitrogens with one attached hydrogen (secondary N) is 1. The van der Waals surface area contributed by atoms with Gasteiger partial charge in [-0.3, -0.25) is 0 Å². The second-order valence-corrected chi connectivity index (χ2v) is 6.52. The third-order valence-corrected chi connectivity index (χ3v) is 5.31. The van der Waals surface area contributed by atoms with Crippen molar-refractivity contribution < 1.29 is 13.3 Å². The van der Waals surface area contributed by atoms with E-state index in [0.717, 1.165) is 19.5 Å². The molecule has 15 heavy (non-hydrogen) atoms. The van der Waals surface area contributed by atoms with E-state index in [4.69, 9.17) is 0 Å². The molecule has 1 aliphatic heterocycles.